The molecule has 0 atom stereocenters. The minimum Gasteiger partial charge on any atom is -0.490 e. The quantitative estimate of drug-likeness (QED) is 0.271. The van der Waals surface area contributed by atoms with Crippen molar-refractivity contribution in [2.75, 3.05) is 13.7 Å². The Hall–Kier alpha value is -2.19. The van der Waals surface area contributed by atoms with Gasteiger partial charge in [-0.15, -0.1) is 6.58 Å². The number of thioether (sulfide) groups is 1. The lowest BCUT2D eigenvalue weighted by atomic mass is 10.1. The summed E-state index contributed by atoms with van der Waals surface area (Å²) in [6.45, 7) is 3.91. The van der Waals surface area contributed by atoms with Crippen molar-refractivity contribution in [2.45, 2.75) is 0 Å². The van der Waals surface area contributed by atoms with Gasteiger partial charge in [-0.2, -0.15) is 0 Å². The molecule has 2 rings (SSSR count). The molecule has 1 aliphatic heterocycles. The fraction of sp³-hybridized carbons (Fsp3) is 0.143. The first-order chi connectivity index (χ1) is 10.5. The lowest BCUT2D eigenvalue weighted by Crippen LogP contribution is -2.27. The molecule has 6 nitrogen and oxygen atoms in total. The molecule has 0 radical (unpaired) electrons. The zero-order valence-corrected chi connectivity index (χ0v) is 13.3. The third-order valence-electron chi connectivity index (χ3n) is 2.90. The summed E-state index contributed by atoms with van der Waals surface area (Å²) >= 11 is 6.29. The molecule has 0 unspecified atom stereocenters. The van der Waals surface area contributed by atoms with Crippen LogP contribution in [0.5, 0.6) is 5.75 Å². The zero-order valence-electron chi connectivity index (χ0n) is 11.6. The summed E-state index contributed by atoms with van der Waals surface area (Å²) in [6, 6.07) is 4.53. The number of benzene rings is 1. The maximum absolute atomic E-state index is 12.3. The third kappa shape index (κ3) is 3.02. The topological polar surface area (TPSA) is 72.7 Å². The highest BCUT2D eigenvalue weighted by Gasteiger charge is 2.31. The summed E-state index contributed by atoms with van der Waals surface area (Å²) in [5.74, 6) is -0.134. The largest absolute Gasteiger partial charge is 0.490 e. The Morgan fingerprint density at radius 1 is 1.55 bits per heavy atom. The Morgan fingerprint density at radius 3 is 2.86 bits per heavy atom. The van der Waals surface area contributed by atoms with Crippen LogP contribution in [0.3, 0.4) is 0 Å². The van der Waals surface area contributed by atoms with Crippen molar-refractivity contribution in [3.63, 3.8) is 0 Å². The van der Waals surface area contributed by atoms with Gasteiger partial charge in [0.05, 0.1) is 16.9 Å². The van der Waals surface area contributed by atoms with Crippen LogP contribution in [-0.2, 0) is 4.79 Å². The van der Waals surface area contributed by atoms with Crippen LogP contribution in [0, 0.1) is 10.1 Å². The van der Waals surface area contributed by atoms with Crippen LogP contribution in [0.15, 0.2) is 35.8 Å². The average Bonchev–Trinajstić information content (AvgIpc) is 2.75. The van der Waals surface area contributed by atoms with Crippen LogP contribution in [0.4, 0.5) is 5.69 Å². The number of nitro groups is 1. The van der Waals surface area contributed by atoms with Crippen LogP contribution in [0.25, 0.3) is 6.08 Å². The molecule has 114 valence electrons. The summed E-state index contributed by atoms with van der Waals surface area (Å²) in [6.07, 6.45) is 3.13. The van der Waals surface area contributed by atoms with E-state index in [-0.39, 0.29) is 17.3 Å². The van der Waals surface area contributed by atoms with Gasteiger partial charge in [-0.25, -0.2) is 0 Å². The van der Waals surface area contributed by atoms with E-state index >= 15 is 0 Å². The lowest BCUT2D eigenvalue weighted by Gasteiger charge is -2.10. The number of hydrogen-bond donors (Lipinski definition) is 0. The molecule has 1 amide bonds. The number of para-hydroxylation sites is 1. The van der Waals surface area contributed by atoms with E-state index in [1.54, 1.807) is 18.2 Å². The smallest absolute Gasteiger partial charge is 0.311 e. The first-order valence-electron chi connectivity index (χ1n) is 6.17. The van der Waals surface area contributed by atoms with Gasteiger partial charge >= 0.3 is 5.69 Å². The minimum absolute atomic E-state index is 0.112. The molecular weight excluding hydrogens is 324 g/mol. The molecule has 22 heavy (non-hydrogen) atoms. The van der Waals surface area contributed by atoms with Crippen molar-refractivity contribution < 1.29 is 14.5 Å². The second-order valence-corrected chi connectivity index (χ2v) is 5.91. The van der Waals surface area contributed by atoms with Crippen molar-refractivity contribution in [1.29, 1.82) is 0 Å². The molecule has 1 aliphatic rings. The fourth-order valence-electron chi connectivity index (χ4n) is 1.95. The molecular formula is C14H12N2O4S2. The number of carbonyl (C=O) groups excluding carboxylic acids is 1. The number of nitro benzene ring substituents is 1. The molecule has 1 aromatic rings. The van der Waals surface area contributed by atoms with E-state index in [1.165, 1.54) is 24.1 Å². The Labute approximate surface area is 136 Å². The van der Waals surface area contributed by atoms with E-state index in [0.717, 1.165) is 11.8 Å². The Kier molecular flexibility index (Phi) is 4.94. The summed E-state index contributed by atoms with van der Waals surface area (Å²) in [5.41, 5.74) is 0.300. The van der Waals surface area contributed by atoms with E-state index < -0.39 is 4.92 Å². The van der Waals surface area contributed by atoms with Gasteiger partial charge in [0.15, 0.2) is 0 Å². The molecule has 1 heterocycles. The maximum atomic E-state index is 12.3. The summed E-state index contributed by atoms with van der Waals surface area (Å²) in [7, 11) is 1.35. The Morgan fingerprint density at radius 2 is 2.27 bits per heavy atom. The molecule has 8 heteroatoms. The number of amides is 1. The standard InChI is InChI=1S/C14H12N2O4S2/c1-3-7-15-13(17)11(22-14(15)21)8-9-5-4-6-10(16(18)19)12(9)20-2/h3-6,8H,1,7H2,2H3/b11-8+. The predicted octanol–water partition coefficient (Wildman–Crippen LogP) is 2.99. The highest BCUT2D eigenvalue weighted by atomic mass is 32.2. The molecule has 1 aromatic carbocycles. The fourth-order valence-corrected chi connectivity index (χ4v) is 3.22. The number of ether oxygens (including phenoxy) is 1. The number of nitrogens with zero attached hydrogens (tertiary/aromatic N) is 2. The lowest BCUT2D eigenvalue weighted by molar-refractivity contribution is -0.385. The van der Waals surface area contributed by atoms with Crippen LogP contribution in [-0.4, -0.2) is 33.7 Å². The van der Waals surface area contributed by atoms with Crippen molar-refractivity contribution in [3.05, 3.63) is 51.4 Å². The average molecular weight is 336 g/mol. The minimum atomic E-state index is -0.529. The van der Waals surface area contributed by atoms with E-state index in [0.29, 0.717) is 21.3 Å². The molecule has 0 aromatic heterocycles. The summed E-state index contributed by atoms with van der Waals surface area (Å²) < 4.78 is 5.55. The van der Waals surface area contributed by atoms with Crippen LogP contribution in [0.2, 0.25) is 0 Å². The van der Waals surface area contributed by atoms with Crippen LogP contribution in [0.1, 0.15) is 5.56 Å². The first-order valence-corrected chi connectivity index (χ1v) is 7.39. The molecule has 1 fully saturated rings. The van der Waals surface area contributed by atoms with Gasteiger partial charge in [0, 0.05) is 18.2 Å². The van der Waals surface area contributed by atoms with Gasteiger partial charge in [0.1, 0.15) is 4.32 Å². The van der Waals surface area contributed by atoms with Crippen LogP contribution < -0.4 is 4.74 Å². The van der Waals surface area contributed by atoms with Crippen LogP contribution >= 0.6 is 24.0 Å². The second-order valence-electron chi connectivity index (χ2n) is 4.24. The molecule has 0 spiro atoms. The highest BCUT2D eigenvalue weighted by molar-refractivity contribution is 8.26. The first kappa shape index (κ1) is 16.2. The normalized spacial score (nSPS) is 16.2. The van der Waals surface area contributed by atoms with Gasteiger partial charge in [0.2, 0.25) is 5.75 Å². The Bertz CT molecular complexity index is 700. The Balaban J connectivity index is 2.44. The van der Waals surface area contributed by atoms with Gasteiger partial charge < -0.3 is 4.74 Å². The van der Waals surface area contributed by atoms with Crippen molar-refractivity contribution in [2.24, 2.45) is 0 Å². The summed E-state index contributed by atoms with van der Waals surface area (Å²) in [4.78, 5) is 24.6. The van der Waals surface area contributed by atoms with E-state index in [2.05, 4.69) is 6.58 Å². The molecule has 0 aliphatic carbocycles. The maximum Gasteiger partial charge on any atom is 0.311 e. The van der Waals surface area contributed by atoms with Crippen molar-refractivity contribution in [3.8, 4) is 5.75 Å². The monoisotopic (exact) mass is 336 g/mol. The van der Waals surface area contributed by atoms with Crippen molar-refractivity contribution in [1.82, 2.24) is 4.90 Å². The van der Waals surface area contributed by atoms with Gasteiger partial charge in [-0.1, -0.05) is 42.2 Å². The zero-order chi connectivity index (χ0) is 16.3. The number of rotatable bonds is 5. The van der Waals surface area contributed by atoms with Gasteiger partial charge in [0.25, 0.3) is 5.91 Å². The van der Waals surface area contributed by atoms with Gasteiger partial charge in [-0.05, 0) is 6.08 Å². The number of carbonyl (C=O) groups is 1. The molecule has 1 saturated heterocycles. The third-order valence-corrected chi connectivity index (χ3v) is 4.28. The number of methoxy groups -OCH3 is 1. The van der Waals surface area contributed by atoms with Crippen molar-refractivity contribution >= 4 is 46.0 Å². The molecule has 0 saturated carbocycles. The molecule has 0 bridgehead atoms. The van der Waals surface area contributed by atoms with E-state index in [9.17, 15) is 14.9 Å². The second kappa shape index (κ2) is 6.71. The number of hydrogen-bond acceptors (Lipinski definition) is 6. The van der Waals surface area contributed by atoms with E-state index in [4.69, 9.17) is 17.0 Å². The van der Waals surface area contributed by atoms with E-state index in [1.807, 2.05) is 0 Å². The predicted molar refractivity (Wildman–Crippen MR) is 89.7 cm³/mol. The number of thiocarbonyl (C=S) groups is 1. The summed E-state index contributed by atoms with van der Waals surface area (Å²) in [5, 5.41) is 11.0. The highest BCUT2D eigenvalue weighted by Crippen LogP contribution is 2.37. The SMILES string of the molecule is C=CCN1C(=O)/C(=C\c2cccc([N+](=O)[O-])c2OC)SC1=S. The van der Waals surface area contributed by atoms with Gasteiger partial charge in [-0.3, -0.25) is 19.8 Å². The molecule has 0 N–H and O–H groups in total.